The molecule has 170 valence electrons. The quantitative estimate of drug-likeness (QED) is 0.678. The van der Waals surface area contributed by atoms with Gasteiger partial charge in [0.05, 0.1) is 19.6 Å². The van der Waals surface area contributed by atoms with Crippen LogP contribution in [0.1, 0.15) is 46.0 Å². The predicted molar refractivity (Wildman–Crippen MR) is 118 cm³/mol. The molecule has 4 rings (SSSR count). The number of ether oxygens (including phenoxy) is 2. The van der Waals surface area contributed by atoms with Gasteiger partial charge in [0.1, 0.15) is 23.9 Å². The minimum atomic E-state index is -0.106. The van der Waals surface area contributed by atoms with Crippen molar-refractivity contribution in [3.63, 3.8) is 0 Å². The maximum atomic E-state index is 13.1. The van der Waals surface area contributed by atoms with Gasteiger partial charge in [0.25, 0.3) is 5.91 Å². The maximum Gasteiger partial charge on any atom is 0.308 e. The maximum absolute atomic E-state index is 13.1. The Hall–Kier alpha value is -3.00. The van der Waals surface area contributed by atoms with Gasteiger partial charge in [-0.1, -0.05) is 6.07 Å². The zero-order valence-electron chi connectivity index (χ0n) is 19.0. The van der Waals surface area contributed by atoms with Gasteiger partial charge in [0.2, 0.25) is 0 Å². The largest absolute Gasteiger partial charge is 0.491 e. The number of aryl methyl sites for hydroxylation is 2. The number of nitrogens with zero attached hydrogens (tertiary/aromatic N) is 4. The van der Waals surface area contributed by atoms with Crippen LogP contribution in [0.3, 0.4) is 0 Å². The van der Waals surface area contributed by atoms with Crippen LogP contribution >= 0.6 is 0 Å². The molecule has 8 heteroatoms. The molecule has 1 amide bonds. The standard InChI is InChI=1S/C24H30N4O4/c1-16-12-21(26-17(2)25-16)23(29)28-10-11-32-22-5-4-18(13-20(22)15-28)14-27-8-6-19(7-9-27)24(30)31-3/h4-5,12-13,19H,6-11,14-15H2,1-3H3. The second-order valence-corrected chi connectivity index (χ2v) is 8.53. The van der Waals surface area contributed by atoms with Gasteiger partial charge >= 0.3 is 5.97 Å². The van der Waals surface area contributed by atoms with Crippen molar-refractivity contribution in [3.05, 3.63) is 52.6 Å². The molecule has 2 aromatic rings. The second-order valence-electron chi connectivity index (χ2n) is 8.53. The fraction of sp³-hybridized carbons (Fsp3) is 0.500. The molecular weight excluding hydrogens is 408 g/mol. The van der Waals surface area contributed by atoms with Crippen LogP contribution < -0.4 is 4.74 Å². The minimum Gasteiger partial charge on any atom is -0.491 e. The van der Waals surface area contributed by atoms with Crippen LogP contribution in [-0.4, -0.2) is 65.0 Å². The summed E-state index contributed by atoms with van der Waals surface area (Å²) in [5.41, 5.74) is 3.38. The summed E-state index contributed by atoms with van der Waals surface area (Å²) < 4.78 is 10.8. The number of esters is 1. The molecule has 1 fully saturated rings. The van der Waals surface area contributed by atoms with E-state index in [-0.39, 0.29) is 17.8 Å². The van der Waals surface area contributed by atoms with Gasteiger partial charge < -0.3 is 14.4 Å². The van der Waals surface area contributed by atoms with Crippen molar-refractivity contribution in [2.24, 2.45) is 5.92 Å². The molecule has 0 aliphatic carbocycles. The molecule has 0 radical (unpaired) electrons. The van der Waals surface area contributed by atoms with E-state index in [9.17, 15) is 9.59 Å². The summed E-state index contributed by atoms with van der Waals surface area (Å²) in [4.78, 5) is 37.6. The molecule has 8 nitrogen and oxygen atoms in total. The van der Waals surface area contributed by atoms with E-state index in [1.165, 1.54) is 12.7 Å². The molecule has 1 aromatic heterocycles. The Kier molecular flexibility index (Phi) is 6.69. The van der Waals surface area contributed by atoms with Crippen molar-refractivity contribution in [1.29, 1.82) is 0 Å². The monoisotopic (exact) mass is 438 g/mol. The third-order valence-corrected chi connectivity index (χ3v) is 6.11. The smallest absolute Gasteiger partial charge is 0.308 e. The first-order valence-electron chi connectivity index (χ1n) is 11.1. The third-order valence-electron chi connectivity index (χ3n) is 6.11. The molecular formula is C24H30N4O4. The molecule has 0 atom stereocenters. The van der Waals surface area contributed by atoms with Crippen molar-refractivity contribution in [2.45, 2.75) is 39.8 Å². The molecule has 2 aliphatic rings. The van der Waals surface area contributed by atoms with Gasteiger partial charge in [0, 0.05) is 24.3 Å². The number of hydrogen-bond donors (Lipinski definition) is 0. The van der Waals surface area contributed by atoms with E-state index in [4.69, 9.17) is 9.47 Å². The summed E-state index contributed by atoms with van der Waals surface area (Å²) in [5, 5.41) is 0. The third kappa shape index (κ3) is 5.07. The van der Waals surface area contributed by atoms with Gasteiger partial charge in [-0.25, -0.2) is 9.97 Å². The number of methoxy groups -OCH3 is 1. The number of carbonyl (C=O) groups excluding carboxylic acids is 2. The fourth-order valence-corrected chi connectivity index (χ4v) is 4.46. The number of amides is 1. The molecule has 0 bridgehead atoms. The molecule has 32 heavy (non-hydrogen) atoms. The lowest BCUT2D eigenvalue weighted by atomic mass is 9.96. The molecule has 1 saturated heterocycles. The highest BCUT2D eigenvalue weighted by Gasteiger charge is 2.26. The first-order chi connectivity index (χ1) is 15.4. The lowest BCUT2D eigenvalue weighted by Gasteiger charge is -2.30. The fourth-order valence-electron chi connectivity index (χ4n) is 4.46. The average molecular weight is 439 g/mol. The molecule has 3 heterocycles. The lowest BCUT2D eigenvalue weighted by Crippen LogP contribution is -2.36. The van der Waals surface area contributed by atoms with Crippen LogP contribution in [0.15, 0.2) is 24.3 Å². The lowest BCUT2D eigenvalue weighted by molar-refractivity contribution is -0.147. The predicted octanol–water partition coefficient (Wildman–Crippen LogP) is 2.51. The van der Waals surface area contributed by atoms with Gasteiger partial charge in [0.15, 0.2) is 0 Å². The zero-order chi connectivity index (χ0) is 22.7. The van der Waals surface area contributed by atoms with Crippen LogP contribution in [0.25, 0.3) is 0 Å². The van der Waals surface area contributed by atoms with Crippen LogP contribution in [-0.2, 0) is 22.6 Å². The number of rotatable bonds is 4. The Balaban J connectivity index is 1.44. The number of piperidine rings is 1. The SMILES string of the molecule is COC(=O)C1CCN(Cc2ccc3c(c2)CN(C(=O)c2cc(C)nc(C)n2)CCO3)CC1. The number of likely N-dealkylation sites (tertiary alicyclic amines) is 1. The normalized spacial score (nSPS) is 17.3. The summed E-state index contributed by atoms with van der Waals surface area (Å²) in [7, 11) is 1.45. The Bertz CT molecular complexity index is 981. The van der Waals surface area contributed by atoms with Gasteiger partial charge in [-0.3, -0.25) is 14.5 Å². The summed E-state index contributed by atoms with van der Waals surface area (Å²) in [6, 6.07) is 7.94. The van der Waals surface area contributed by atoms with E-state index in [1.807, 2.05) is 13.0 Å². The van der Waals surface area contributed by atoms with E-state index in [1.54, 1.807) is 17.9 Å². The van der Waals surface area contributed by atoms with E-state index in [2.05, 4.69) is 27.0 Å². The van der Waals surface area contributed by atoms with E-state index in [0.717, 1.165) is 49.5 Å². The number of hydrogen-bond acceptors (Lipinski definition) is 7. The number of benzene rings is 1. The minimum absolute atomic E-state index is 0.00494. The van der Waals surface area contributed by atoms with Gasteiger partial charge in [-0.05, 0) is 63.5 Å². The molecule has 1 aromatic carbocycles. The Labute approximate surface area is 188 Å². The molecule has 0 N–H and O–H groups in total. The highest BCUT2D eigenvalue weighted by atomic mass is 16.5. The van der Waals surface area contributed by atoms with Gasteiger partial charge in [-0.2, -0.15) is 0 Å². The summed E-state index contributed by atoms with van der Waals surface area (Å²) in [6.45, 7) is 7.63. The summed E-state index contributed by atoms with van der Waals surface area (Å²) in [5.74, 6) is 1.21. The number of fused-ring (bicyclic) bond motifs is 1. The van der Waals surface area contributed by atoms with Crippen molar-refractivity contribution < 1.29 is 19.1 Å². The van der Waals surface area contributed by atoms with Gasteiger partial charge in [-0.15, -0.1) is 0 Å². The molecule has 0 saturated carbocycles. The Morgan fingerprint density at radius 1 is 1.12 bits per heavy atom. The number of aromatic nitrogens is 2. The van der Waals surface area contributed by atoms with E-state index >= 15 is 0 Å². The zero-order valence-corrected chi connectivity index (χ0v) is 19.0. The van der Waals surface area contributed by atoms with Crippen LogP contribution in [0.2, 0.25) is 0 Å². The average Bonchev–Trinajstić information content (AvgIpc) is 3.00. The first-order valence-corrected chi connectivity index (χ1v) is 11.1. The first kappa shape index (κ1) is 22.2. The molecule has 0 spiro atoms. The Morgan fingerprint density at radius 3 is 2.62 bits per heavy atom. The van der Waals surface area contributed by atoms with Crippen LogP contribution in [0, 0.1) is 19.8 Å². The van der Waals surface area contributed by atoms with E-state index in [0.29, 0.717) is 31.2 Å². The highest BCUT2D eigenvalue weighted by molar-refractivity contribution is 5.92. The van der Waals surface area contributed by atoms with Crippen molar-refractivity contribution >= 4 is 11.9 Å². The van der Waals surface area contributed by atoms with E-state index < -0.39 is 0 Å². The highest BCUT2D eigenvalue weighted by Crippen LogP contribution is 2.27. The summed E-state index contributed by atoms with van der Waals surface area (Å²) >= 11 is 0. The van der Waals surface area contributed by atoms with Crippen molar-refractivity contribution in [1.82, 2.24) is 19.8 Å². The number of carbonyl (C=O) groups is 2. The van der Waals surface area contributed by atoms with Crippen LogP contribution in [0.5, 0.6) is 5.75 Å². The van der Waals surface area contributed by atoms with Crippen LogP contribution in [0.4, 0.5) is 0 Å². The Morgan fingerprint density at radius 2 is 1.91 bits per heavy atom. The molecule has 0 unspecified atom stereocenters. The van der Waals surface area contributed by atoms with Crippen molar-refractivity contribution in [2.75, 3.05) is 33.4 Å². The topological polar surface area (TPSA) is 84.9 Å². The second kappa shape index (κ2) is 9.65. The summed E-state index contributed by atoms with van der Waals surface area (Å²) in [6.07, 6.45) is 1.64. The molecule has 2 aliphatic heterocycles. The van der Waals surface area contributed by atoms with Crippen molar-refractivity contribution in [3.8, 4) is 5.75 Å².